The fourth-order valence-electron chi connectivity index (χ4n) is 3.14. The van der Waals surface area contributed by atoms with E-state index in [-0.39, 0.29) is 0 Å². The van der Waals surface area contributed by atoms with Gasteiger partial charge in [-0.05, 0) is 18.4 Å². The average molecular weight is 307 g/mol. The van der Waals surface area contributed by atoms with E-state index in [4.69, 9.17) is 12.2 Å². The molecule has 3 rings (SSSR count). The minimum Gasteiger partial charge on any atom is -0.341 e. The van der Waals surface area contributed by atoms with E-state index >= 15 is 0 Å². The minimum absolute atomic E-state index is 0.683. The highest BCUT2D eigenvalue weighted by molar-refractivity contribution is 8.22. The van der Waals surface area contributed by atoms with Gasteiger partial charge in [0.15, 0.2) is 0 Å². The fourth-order valence-corrected chi connectivity index (χ4v) is 4.34. The van der Waals surface area contributed by atoms with Gasteiger partial charge in [-0.15, -0.1) is 0 Å². The third kappa shape index (κ3) is 3.54. The maximum Gasteiger partial charge on any atom is 0.138 e. The number of rotatable bonds is 3. The topological polar surface area (TPSA) is 6.48 Å². The van der Waals surface area contributed by atoms with Crippen molar-refractivity contribution in [2.24, 2.45) is 0 Å². The van der Waals surface area contributed by atoms with Gasteiger partial charge in [-0.25, -0.2) is 0 Å². The highest BCUT2D eigenvalue weighted by Crippen LogP contribution is 2.29. The van der Waals surface area contributed by atoms with Gasteiger partial charge < -0.3 is 4.90 Å². The summed E-state index contributed by atoms with van der Waals surface area (Å²) in [6.45, 7) is 2.03. The second-order valence-corrected chi connectivity index (χ2v) is 7.34. The third-order valence-electron chi connectivity index (χ3n) is 4.22. The van der Waals surface area contributed by atoms with Crippen molar-refractivity contribution >= 4 is 28.3 Å². The number of nitrogens with zero attached hydrogens (tertiary/aromatic N) is 2. The molecule has 1 aliphatic heterocycles. The van der Waals surface area contributed by atoms with Gasteiger partial charge >= 0.3 is 0 Å². The second-order valence-electron chi connectivity index (χ2n) is 5.76. The molecule has 1 aliphatic carbocycles. The van der Waals surface area contributed by atoms with Gasteiger partial charge in [0, 0.05) is 12.6 Å². The van der Waals surface area contributed by atoms with Crippen LogP contribution in [-0.2, 0) is 6.54 Å². The van der Waals surface area contributed by atoms with Crippen molar-refractivity contribution < 1.29 is 0 Å². The first-order valence-electron chi connectivity index (χ1n) is 7.52. The van der Waals surface area contributed by atoms with Crippen LogP contribution >= 0.6 is 24.0 Å². The summed E-state index contributed by atoms with van der Waals surface area (Å²) < 4.78 is 1.11. The van der Waals surface area contributed by atoms with Gasteiger partial charge in [0.2, 0.25) is 0 Å². The molecular formula is C16H22N2S2. The Hall–Kier alpha value is -0.580. The second kappa shape index (κ2) is 6.92. The van der Waals surface area contributed by atoms with Crippen molar-refractivity contribution in [2.45, 2.75) is 44.7 Å². The van der Waals surface area contributed by atoms with Crippen LogP contribution in [0, 0.1) is 0 Å². The van der Waals surface area contributed by atoms with Crippen molar-refractivity contribution in [3.8, 4) is 0 Å². The normalized spacial score (nSPS) is 22.2. The molecule has 108 valence electrons. The molecule has 20 heavy (non-hydrogen) atoms. The molecule has 0 radical (unpaired) electrons. The average Bonchev–Trinajstić information content (AvgIpc) is 2.51. The lowest BCUT2D eigenvalue weighted by Crippen LogP contribution is -2.49. The van der Waals surface area contributed by atoms with Crippen LogP contribution in [0.4, 0.5) is 0 Å². The minimum atomic E-state index is 0.683. The molecule has 2 fully saturated rings. The molecule has 2 nitrogen and oxygen atoms in total. The zero-order valence-corrected chi connectivity index (χ0v) is 13.5. The molecule has 1 saturated carbocycles. The van der Waals surface area contributed by atoms with Crippen LogP contribution in [0.25, 0.3) is 0 Å². The lowest BCUT2D eigenvalue weighted by Gasteiger charge is -2.42. The van der Waals surface area contributed by atoms with Crippen molar-refractivity contribution in [1.82, 2.24) is 9.80 Å². The fraction of sp³-hybridized carbons (Fsp3) is 0.562. The van der Waals surface area contributed by atoms with Crippen LogP contribution in [0.5, 0.6) is 0 Å². The number of thioether (sulfide) groups is 1. The summed E-state index contributed by atoms with van der Waals surface area (Å²) in [7, 11) is 0. The van der Waals surface area contributed by atoms with Gasteiger partial charge in [0.05, 0.1) is 12.5 Å². The Kier molecular flexibility index (Phi) is 4.97. The molecule has 0 N–H and O–H groups in total. The first kappa shape index (κ1) is 14.4. The van der Waals surface area contributed by atoms with E-state index in [9.17, 15) is 0 Å². The molecule has 0 unspecified atom stereocenters. The van der Waals surface area contributed by atoms with Crippen molar-refractivity contribution in [3.63, 3.8) is 0 Å². The SMILES string of the molecule is S=C1SCN(Cc2ccccc2)CN1C1CCCCC1. The molecule has 0 amide bonds. The molecule has 2 aliphatic rings. The molecule has 1 aromatic rings. The summed E-state index contributed by atoms with van der Waals surface area (Å²) in [6, 6.07) is 11.4. The molecule has 0 bridgehead atoms. The number of benzene rings is 1. The lowest BCUT2D eigenvalue weighted by atomic mass is 9.95. The first-order valence-corrected chi connectivity index (χ1v) is 8.92. The van der Waals surface area contributed by atoms with Gasteiger partial charge in [-0.3, -0.25) is 4.90 Å². The van der Waals surface area contributed by atoms with Crippen LogP contribution in [0.3, 0.4) is 0 Å². The largest absolute Gasteiger partial charge is 0.341 e. The Morgan fingerprint density at radius 3 is 2.60 bits per heavy atom. The number of thiocarbonyl (C=S) groups is 1. The predicted molar refractivity (Wildman–Crippen MR) is 90.6 cm³/mol. The van der Waals surface area contributed by atoms with Gasteiger partial charge in [0.25, 0.3) is 0 Å². The molecule has 0 aromatic heterocycles. The standard InChI is InChI=1S/C16H22N2S2/c19-16-18(15-9-5-2-6-10-15)12-17(13-20-16)11-14-7-3-1-4-8-14/h1,3-4,7-8,15H,2,5-6,9-13H2. The third-order valence-corrected chi connectivity index (χ3v) is 5.79. The zero-order valence-electron chi connectivity index (χ0n) is 11.8. The van der Waals surface area contributed by atoms with Crippen LogP contribution in [-0.4, -0.2) is 32.7 Å². The zero-order chi connectivity index (χ0) is 13.8. The predicted octanol–water partition coefficient (Wildman–Crippen LogP) is 4.07. The van der Waals surface area contributed by atoms with Crippen LogP contribution in [0.1, 0.15) is 37.7 Å². The smallest absolute Gasteiger partial charge is 0.138 e. The van der Waals surface area contributed by atoms with E-state index in [1.165, 1.54) is 37.7 Å². The Bertz CT molecular complexity index is 443. The van der Waals surface area contributed by atoms with E-state index in [1.807, 2.05) is 11.8 Å². The summed E-state index contributed by atoms with van der Waals surface area (Å²) in [6.07, 6.45) is 6.78. The van der Waals surface area contributed by atoms with Crippen molar-refractivity contribution in [3.05, 3.63) is 35.9 Å². The number of hydrogen-bond donors (Lipinski definition) is 0. The monoisotopic (exact) mass is 306 g/mol. The van der Waals surface area contributed by atoms with Gasteiger partial charge in [-0.2, -0.15) is 0 Å². The Balaban J connectivity index is 1.62. The molecule has 1 heterocycles. The van der Waals surface area contributed by atoms with E-state index in [0.29, 0.717) is 6.04 Å². The summed E-state index contributed by atoms with van der Waals surface area (Å²) in [5, 5.41) is 0. The maximum absolute atomic E-state index is 5.59. The maximum atomic E-state index is 5.59. The summed E-state index contributed by atoms with van der Waals surface area (Å²) in [5.41, 5.74) is 1.39. The van der Waals surface area contributed by atoms with Crippen LogP contribution in [0.15, 0.2) is 30.3 Å². The Morgan fingerprint density at radius 2 is 1.85 bits per heavy atom. The van der Waals surface area contributed by atoms with Crippen molar-refractivity contribution in [2.75, 3.05) is 12.5 Å². The lowest BCUT2D eigenvalue weighted by molar-refractivity contribution is 0.146. The van der Waals surface area contributed by atoms with Crippen LogP contribution in [0.2, 0.25) is 0 Å². The highest BCUT2D eigenvalue weighted by atomic mass is 32.2. The van der Waals surface area contributed by atoms with Gasteiger partial charge in [0.1, 0.15) is 4.32 Å². The van der Waals surface area contributed by atoms with Crippen LogP contribution < -0.4 is 0 Å². The van der Waals surface area contributed by atoms with E-state index < -0.39 is 0 Å². The summed E-state index contributed by atoms with van der Waals surface area (Å²) >= 11 is 7.42. The molecule has 4 heteroatoms. The Labute approximate surface area is 131 Å². The highest BCUT2D eigenvalue weighted by Gasteiger charge is 2.28. The van der Waals surface area contributed by atoms with Crippen molar-refractivity contribution in [1.29, 1.82) is 0 Å². The van der Waals surface area contributed by atoms with E-state index in [0.717, 1.165) is 23.4 Å². The first-order chi connectivity index (χ1) is 9.83. The van der Waals surface area contributed by atoms with Gasteiger partial charge in [-0.1, -0.05) is 73.6 Å². The van der Waals surface area contributed by atoms with E-state index in [1.54, 1.807) is 0 Å². The van der Waals surface area contributed by atoms with E-state index in [2.05, 4.69) is 40.1 Å². The quantitative estimate of drug-likeness (QED) is 0.776. The molecular weight excluding hydrogens is 284 g/mol. The molecule has 1 aromatic carbocycles. The Morgan fingerprint density at radius 1 is 1.10 bits per heavy atom. The molecule has 0 spiro atoms. The summed E-state index contributed by atoms with van der Waals surface area (Å²) in [4.78, 5) is 4.98. The summed E-state index contributed by atoms with van der Waals surface area (Å²) in [5.74, 6) is 1.02. The number of hydrogen-bond acceptors (Lipinski definition) is 3. The molecule has 1 saturated heterocycles. The molecule has 0 atom stereocenters.